The highest BCUT2D eigenvalue weighted by atomic mass is 16.5. The molecule has 33 heavy (non-hydrogen) atoms. The van der Waals surface area contributed by atoms with Crippen molar-refractivity contribution in [2.75, 3.05) is 20.2 Å². The molecule has 0 N–H and O–H groups in total. The lowest BCUT2D eigenvalue weighted by Gasteiger charge is -2.18. The fourth-order valence-corrected chi connectivity index (χ4v) is 4.31. The van der Waals surface area contributed by atoms with Gasteiger partial charge in [-0.1, -0.05) is 18.2 Å². The van der Waals surface area contributed by atoms with Crippen molar-refractivity contribution < 1.29 is 19.1 Å². The lowest BCUT2D eigenvalue weighted by atomic mass is 10.0. The third-order valence-corrected chi connectivity index (χ3v) is 6.05. The monoisotopic (exact) mass is 444 g/mol. The molecule has 3 heterocycles. The standard InChI is InChI=1S/C25H24N4O4/c1-27(14-17-13-26-29(15-17)19-6-3-2-4-7-19)23(30)18-9-10-21-22(12-18)25(32)28(24(21)31)16-20-8-5-11-33-20/h2-4,6-7,9-10,12-13,15,20H,5,8,11,14,16H2,1H3. The summed E-state index contributed by atoms with van der Waals surface area (Å²) in [4.78, 5) is 41.4. The van der Waals surface area contributed by atoms with Gasteiger partial charge in [-0.3, -0.25) is 19.3 Å². The second kappa shape index (κ2) is 8.63. The number of carbonyl (C=O) groups is 3. The smallest absolute Gasteiger partial charge is 0.261 e. The van der Waals surface area contributed by atoms with E-state index in [-0.39, 0.29) is 35.9 Å². The van der Waals surface area contributed by atoms with Crippen molar-refractivity contribution in [3.05, 3.63) is 83.2 Å². The minimum Gasteiger partial charge on any atom is -0.376 e. The molecule has 1 unspecified atom stereocenters. The highest BCUT2D eigenvalue weighted by Gasteiger charge is 2.38. The van der Waals surface area contributed by atoms with Crippen LogP contribution in [-0.2, 0) is 11.3 Å². The first-order valence-electron chi connectivity index (χ1n) is 11.0. The average Bonchev–Trinajstić information content (AvgIpc) is 3.57. The quantitative estimate of drug-likeness (QED) is 0.546. The van der Waals surface area contributed by atoms with E-state index in [0.29, 0.717) is 24.3 Å². The summed E-state index contributed by atoms with van der Waals surface area (Å²) in [5.41, 5.74) is 2.79. The molecule has 1 fully saturated rings. The van der Waals surface area contributed by atoms with Crippen molar-refractivity contribution in [1.82, 2.24) is 19.6 Å². The third kappa shape index (κ3) is 4.05. The van der Waals surface area contributed by atoms with Crippen LogP contribution in [0.15, 0.2) is 60.9 Å². The lowest BCUT2D eigenvalue weighted by Crippen LogP contribution is -2.36. The predicted molar refractivity (Wildman–Crippen MR) is 120 cm³/mol. The van der Waals surface area contributed by atoms with Crippen LogP contribution in [0.1, 0.15) is 49.5 Å². The van der Waals surface area contributed by atoms with E-state index in [4.69, 9.17) is 4.74 Å². The molecule has 2 aliphatic rings. The van der Waals surface area contributed by atoms with Crippen LogP contribution in [0.5, 0.6) is 0 Å². The van der Waals surface area contributed by atoms with E-state index in [9.17, 15) is 14.4 Å². The Morgan fingerprint density at radius 1 is 1.12 bits per heavy atom. The predicted octanol–water partition coefficient (Wildman–Crippen LogP) is 2.92. The molecule has 0 radical (unpaired) electrons. The number of amides is 3. The van der Waals surface area contributed by atoms with E-state index >= 15 is 0 Å². The number of aromatic nitrogens is 2. The van der Waals surface area contributed by atoms with E-state index < -0.39 is 0 Å². The topological polar surface area (TPSA) is 84.7 Å². The summed E-state index contributed by atoms with van der Waals surface area (Å²) < 4.78 is 7.34. The molecular formula is C25H24N4O4. The van der Waals surface area contributed by atoms with Crippen LogP contribution in [0.2, 0.25) is 0 Å². The largest absolute Gasteiger partial charge is 0.376 e. The Hall–Kier alpha value is -3.78. The number of imide groups is 1. The van der Waals surface area contributed by atoms with Crippen LogP contribution >= 0.6 is 0 Å². The van der Waals surface area contributed by atoms with Gasteiger partial charge in [0.25, 0.3) is 17.7 Å². The molecule has 2 aliphatic heterocycles. The van der Waals surface area contributed by atoms with Gasteiger partial charge in [-0.25, -0.2) is 4.68 Å². The highest BCUT2D eigenvalue weighted by Crippen LogP contribution is 2.26. The van der Waals surface area contributed by atoms with Crippen molar-refractivity contribution in [2.45, 2.75) is 25.5 Å². The summed E-state index contributed by atoms with van der Waals surface area (Å²) in [6.07, 6.45) is 5.26. The van der Waals surface area contributed by atoms with Crippen molar-refractivity contribution in [1.29, 1.82) is 0 Å². The highest BCUT2D eigenvalue weighted by molar-refractivity contribution is 6.22. The van der Waals surface area contributed by atoms with Crippen LogP contribution in [0.25, 0.3) is 5.69 Å². The van der Waals surface area contributed by atoms with Gasteiger partial charge in [0.2, 0.25) is 0 Å². The number of hydrogen-bond acceptors (Lipinski definition) is 5. The van der Waals surface area contributed by atoms with E-state index in [2.05, 4.69) is 5.10 Å². The van der Waals surface area contributed by atoms with Gasteiger partial charge in [0, 0.05) is 37.5 Å². The fourth-order valence-electron chi connectivity index (χ4n) is 4.31. The first kappa shape index (κ1) is 21.1. The van der Waals surface area contributed by atoms with Gasteiger partial charge in [0.1, 0.15) is 0 Å². The molecule has 3 aromatic rings. The lowest BCUT2D eigenvalue weighted by molar-refractivity contribution is 0.0475. The molecule has 5 rings (SSSR count). The summed E-state index contributed by atoms with van der Waals surface area (Å²) in [6, 6.07) is 14.4. The van der Waals surface area contributed by atoms with Crippen LogP contribution in [0.3, 0.4) is 0 Å². The molecule has 8 heteroatoms. The molecule has 0 saturated carbocycles. The molecule has 2 aromatic carbocycles. The van der Waals surface area contributed by atoms with Crippen molar-refractivity contribution in [2.24, 2.45) is 0 Å². The zero-order valence-corrected chi connectivity index (χ0v) is 18.3. The van der Waals surface area contributed by atoms with E-state index in [0.717, 1.165) is 24.1 Å². The Labute approximate surface area is 191 Å². The van der Waals surface area contributed by atoms with Gasteiger partial charge in [-0.2, -0.15) is 5.10 Å². The minimum atomic E-state index is -0.369. The third-order valence-electron chi connectivity index (χ3n) is 6.05. The molecule has 3 amide bonds. The van der Waals surface area contributed by atoms with Crippen LogP contribution in [0, 0.1) is 0 Å². The number of rotatable bonds is 6. The number of para-hydroxylation sites is 1. The van der Waals surface area contributed by atoms with Gasteiger partial charge in [0.15, 0.2) is 0 Å². The zero-order valence-electron chi connectivity index (χ0n) is 18.3. The first-order chi connectivity index (χ1) is 16.0. The maximum absolute atomic E-state index is 13.0. The minimum absolute atomic E-state index is 0.115. The number of nitrogens with zero attached hydrogens (tertiary/aromatic N) is 4. The molecule has 1 aromatic heterocycles. The van der Waals surface area contributed by atoms with E-state index in [1.54, 1.807) is 35.0 Å². The molecule has 1 atom stereocenters. The maximum Gasteiger partial charge on any atom is 0.261 e. The van der Waals surface area contributed by atoms with Gasteiger partial charge in [-0.15, -0.1) is 0 Å². The number of carbonyl (C=O) groups excluding carboxylic acids is 3. The Kier molecular flexibility index (Phi) is 5.51. The molecular weight excluding hydrogens is 420 g/mol. The van der Waals surface area contributed by atoms with Crippen LogP contribution in [-0.4, -0.2) is 63.6 Å². The molecule has 168 valence electrons. The van der Waals surface area contributed by atoms with Crippen LogP contribution in [0.4, 0.5) is 0 Å². The summed E-state index contributed by atoms with van der Waals surface area (Å²) in [5.74, 6) is -0.929. The van der Waals surface area contributed by atoms with Crippen molar-refractivity contribution in [3.63, 3.8) is 0 Å². The van der Waals surface area contributed by atoms with Gasteiger partial charge in [-0.05, 0) is 43.2 Å². The summed E-state index contributed by atoms with van der Waals surface area (Å²) in [6.45, 7) is 1.27. The second-order valence-electron chi connectivity index (χ2n) is 8.41. The molecule has 8 nitrogen and oxygen atoms in total. The summed E-state index contributed by atoms with van der Waals surface area (Å²) >= 11 is 0. The number of fused-ring (bicyclic) bond motifs is 1. The van der Waals surface area contributed by atoms with E-state index in [1.165, 1.54) is 11.0 Å². The molecule has 0 bridgehead atoms. The van der Waals surface area contributed by atoms with Crippen LogP contribution < -0.4 is 0 Å². The fraction of sp³-hybridized carbons (Fsp3) is 0.280. The second-order valence-corrected chi connectivity index (χ2v) is 8.41. The molecule has 0 aliphatic carbocycles. The molecule has 0 spiro atoms. The Bertz CT molecular complexity index is 1210. The summed E-state index contributed by atoms with van der Waals surface area (Å²) in [7, 11) is 1.70. The Morgan fingerprint density at radius 2 is 1.91 bits per heavy atom. The molecule has 1 saturated heterocycles. The maximum atomic E-state index is 13.0. The van der Waals surface area contributed by atoms with Gasteiger partial charge < -0.3 is 9.64 Å². The summed E-state index contributed by atoms with van der Waals surface area (Å²) in [5, 5.41) is 4.37. The SMILES string of the molecule is CN(Cc1cnn(-c2ccccc2)c1)C(=O)c1ccc2c(c1)C(=O)N(CC1CCCO1)C2=O. The van der Waals surface area contributed by atoms with E-state index in [1.807, 2.05) is 36.5 Å². The van der Waals surface area contributed by atoms with Gasteiger partial charge in [0.05, 0.1) is 35.7 Å². The Balaban J connectivity index is 1.29. The number of hydrogen-bond donors (Lipinski definition) is 0. The first-order valence-corrected chi connectivity index (χ1v) is 11.0. The van der Waals surface area contributed by atoms with Gasteiger partial charge >= 0.3 is 0 Å². The average molecular weight is 444 g/mol. The normalized spacial score (nSPS) is 17.5. The zero-order chi connectivity index (χ0) is 22.9. The number of ether oxygens (including phenoxy) is 1. The van der Waals surface area contributed by atoms with Crippen molar-refractivity contribution in [3.8, 4) is 5.69 Å². The number of benzene rings is 2. The Morgan fingerprint density at radius 3 is 2.67 bits per heavy atom. The van der Waals surface area contributed by atoms with Crippen molar-refractivity contribution >= 4 is 17.7 Å².